The van der Waals surface area contributed by atoms with Crippen molar-refractivity contribution in [3.05, 3.63) is 45.8 Å². The molecule has 1 fully saturated rings. The van der Waals surface area contributed by atoms with Gasteiger partial charge in [-0.25, -0.2) is 13.8 Å². The summed E-state index contributed by atoms with van der Waals surface area (Å²) in [6.45, 7) is 1.87. The molecule has 4 rings (SSSR count). The van der Waals surface area contributed by atoms with Gasteiger partial charge in [-0.05, 0) is 24.3 Å². The number of fused-ring (bicyclic) bond motifs is 1. The number of ether oxygens (including phenoxy) is 1. The number of Topliss-reactive ketones (excluding diaryl/α,β-unsaturated/α-hetero) is 1. The first-order valence-corrected chi connectivity index (χ1v) is 11.3. The molecule has 180 valence electrons. The van der Waals surface area contributed by atoms with Crippen LogP contribution in [0.15, 0.2) is 35.3 Å². The summed E-state index contributed by atoms with van der Waals surface area (Å²) < 4.78 is 33.9. The summed E-state index contributed by atoms with van der Waals surface area (Å²) in [7, 11) is 1.63. The van der Waals surface area contributed by atoms with Crippen molar-refractivity contribution in [2.24, 2.45) is 7.05 Å². The molecule has 0 spiro atoms. The number of ketones is 1. The zero-order valence-corrected chi connectivity index (χ0v) is 19.5. The molecule has 1 aliphatic rings. The number of nitrogens with one attached hydrogen (secondary N) is 1. The Balaban J connectivity index is 1.60. The number of carbonyl (C=O) groups excluding carboxylic acids is 1. The number of hydrogen-bond donors (Lipinski definition) is 1. The number of carbonyl (C=O) groups is 1. The van der Waals surface area contributed by atoms with Gasteiger partial charge in [-0.2, -0.15) is 4.98 Å². The minimum absolute atomic E-state index is 0.0817. The van der Waals surface area contributed by atoms with Crippen molar-refractivity contribution in [2.45, 2.75) is 32.1 Å². The van der Waals surface area contributed by atoms with E-state index in [-0.39, 0.29) is 54.7 Å². The molecule has 0 radical (unpaired) electrons. The van der Waals surface area contributed by atoms with E-state index in [1.54, 1.807) is 43.1 Å². The highest BCUT2D eigenvalue weighted by Gasteiger charge is 2.34. The molecule has 3 heterocycles. The van der Waals surface area contributed by atoms with E-state index < -0.39 is 5.92 Å². The van der Waals surface area contributed by atoms with Crippen LogP contribution in [0.5, 0.6) is 5.75 Å². The summed E-state index contributed by atoms with van der Waals surface area (Å²) in [6.07, 6.45) is 1.25. The molecule has 0 bridgehead atoms. The highest BCUT2D eigenvalue weighted by Crippen LogP contribution is 2.31. The smallest absolute Gasteiger partial charge is 0.293 e. The van der Waals surface area contributed by atoms with Crippen LogP contribution in [0.1, 0.15) is 26.2 Å². The second-order valence-corrected chi connectivity index (χ2v) is 8.57. The number of hydrogen-bond acceptors (Lipinski definition) is 7. The molecule has 3 aromatic rings. The third-order valence-corrected chi connectivity index (χ3v) is 6.02. The molecule has 1 N–H and O–H groups in total. The number of benzene rings is 1. The highest BCUT2D eigenvalue weighted by molar-refractivity contribution is 6.32. The molecular weight excluding hydrogens is 468 g/mol. The first-order chi connectivity index (χ1) is 16.2. The monoisotopic (exact) mass is 491 g/mol. The second kappa shape index (κ2) is 9.54. The van der Waals surface area contributed by atoms with Crippen molar-refractivity contribution in [3.63, 3.8) is 0 Å². The third-order valence-electron chi connectivity index (χ3n) is 5.75. The van der Waals surface area contributed by atoms with Crippen LogP contribution >= 0.6 is 11.6 Å². The highest BCUT2D eigenvalue weighted by atomic mass is 35.5. The van der Waals surface area contributed by atoms with Crippen molar-refractivity contribution in [2.75, 3.05) is 29.9 Å². The van der Waals surface area contributed by atoms with Crippen molar-refractivity contribution in [1.29, 1.82) is 0 Å². The van der Waals surface area contributed by atoms with Gasteiger partial charge in [0.05, 0.1) is 11.7 Å². The average molecular weight is 492 g/mol. The topological polar surface area (TPSA) is 89.3 Å². The Labute approximate surface area is 199 Å². The minimum Gasteiger partial charge on any atom is -0.480 e. The lowest BCUT2D eigenvalue weighted by Crippen LogP contribution is -2.40. The average Bonchev–Trinajstić information content (AvgIpc) is 2.81. The summed E-state index contributed by atoms with van der Waals surface area (Å²) in [6, 6.07) is 6.92. The maximum Gasteiger partial charge on any atom is 0.293 e. The largest absolute Gasteiger partial charge is 0.480 e. The standard InChI is InChI=1S/C23H24ClF2N5O3/c1-3-16(32)13-34-19-11-14-10-15(4-5-18(14)30(2)21(19)33)28-20-17(24)12-27-22(29-20)31-8-6-23(25,26)7-9-31/h4-5,10-12H,3,6-9,13H2,1-2H3,(H,27,28,29). The van der Waals surface area contributed by atoms with Gasteiger partial charge < -0.3 is 19.5 Å². The van der Waals surface area contributed by atoms with Gasteiger partial charge in [-0.3, -0.25) is 9.59 Å². The van der Waals surface area contributed by atoms with Gasteiger partial charge in [0.2, 0.25) is 5.95 Å². The molecule has 8 nitrogen and oxygen atoms in total. The van der Waals surface area contributed by atoms with Gasteiger partial charge in [0.1, 0.15) is 11.6 Å². The predicted octanol–water partition coefficient (Wildman–Crippen LogP) is 4.32. The third kappa shape index (κ3) is 5.11. The quantitative estimate of drug-likeness (QED) is 0.526. The zero-order valence-electron chi connectivity index (χ0n) is 18.8. The number of aryl methyl sites for hydroxylation is 1. The number of nitrogens with zero attached hydrogens (tertiary/aromatic N) is 4. The first kappa shape index (κ1) is 23.9. The predicted molar refractivity (Wildman–Crippen MR) is 127 cm³/mol. The molecule has 2 aromatic heterocycles. The number of piperidine rings is 1. The van der Waals surface area contributed by atoms with Crippen molar-refractivity contribution >= 4 is 45.7 Å². The summed E-state index contributed by atoms with van der Waals surface area (Å²) in [5.41, 5.74) is 0.972. The van der Waals surface area contributed by atoms with E-state index in [4.69, 9.17) is 16.3 Å². The number of halogens is 3. The molecule has 0 atom stereocenters. The Morgan fingerprint density at radius 3 is 2.71 bits per heavy atom. The van der Waals surface area contributed by atoms with Gasteiger partial charge in [0.25, 0.3) is 11.5 Å². The van der Waals surface area contributed by atoms with Crippen LogP contribution in [0.25, 0.3) is 10.9 Å². The molecule has 1 aromatic carbocycles. The Kier molecular flexibility index (Phi) is 6.70. The second-order valence-electron chi connectivity index (χ2n) is 8.16. The maximum absolute atomic E-state index is 13.5. The molecule has 0 unspecified atom stereocenters. The summed E-state index contributed by atoms with van der Waals surface area (Å²) >= 11 is 6.28. The van der Waals surface area contributed by atoms with Crippen LogP contribution in [0, 0.1) is 0 Å². The van der Waals surface area contributed by atoms with Crippen LogP contribution in [-0.4, -0.2) is 45.9 Å². The van der Waals surface area contributed by atoms with Gasteiger partial charge in [-0.1, -0.05) is 18.5 Å². The van der Waals surface area contributed by atoms with Crippen LogP contribution in [0.2, 0.25) is 5.02 Å². The maximum atomic E-state index is 13.5. The van der Waals surface area contributed by atoms with E-state index in [0.717, 1.165) is 0 Å². The van der Waals surface area contributed by atoms with Gasteiger partial charge >= 0.3 is 0 Å². The molecule has 0 aliphatic carbocycles. The molecular formula is C23H24ClF2N5O3. The number of anilines is 3. The first-order valence-electron chi connectivity index (χ1n) is 10.9. The fraction of sp³-hybridized carbons (Fsp3) is 0.391. The Morgan fingerprint density at radius 2 is 2.00 bits per heavy atom. The van der Waals surface area contributed by atoms with Crippen LogP contribution < -0.4 is 20.5 Å². The van der Waals surface area contributed by atoms with E-state index in [2.05, 4.69) is 15.3 Å². The Morgan fingerprint density at radius 1 is 1.26 bits per heavy atom. The molecule has 11 heteroatoms. The van der Waals surface area contributed by atoms with E-state index >= 15 is 0 Å². The van der Waals surface area contributed by atoms with Crippen molar-refractivity contribution in [3.8, 4) is 5.75 Å². The molecule has 1 saturated heterocycles. The minimum atomic E-state index is -2.67. The van der Waals surface area contributed by atoms with E-state index in [9.17, 15) is 18.4 Å². The van der Waals surface area contributed by atoms with Gasteiger partial charge in [0, 0.05) is 50.5 Å². The van der Waals surface area contributed by atoms with Crippen LogP contribution in [0.4, 0.5) is 26.2 Å². The zero-order chi connectivity index (χ0) is 24.5. The lowest BCUT2D eigenvalue weighted by Gasteiger charge is -2.31. The fourth-order valence-corrected chi connectivity index (χ4v) is 3.80. The van der Waals surface area contributed by atoms with Gasteiger partial charge in [-0.15, -0.1) is 0 Å². The normalized spacial score (nSPS) is 15.4. The number of pyridine rings is 1. The summed E-state index contributed by atoms with van der Waals surface area (Å²) in [4.78, 5) is 34.5. The molecule has 1 aliphatic heterocycles. The van der Waals surface area contributed by atoms with Crippen molar-refractivity contribution < 1.29 is 18.3 Å². The van der Waals surface area contributed by atoms with Crippen LogP contribution in [0.3, 0.4) is 0 Å². The lowest BCUT2D eigenvalue weighted by atomic mass is 10.1. The van der Waals surface area contributed by atoms with E-state index in [1.807, 2.05) is 0 Å². The number of rotatable bonds is 7. The number of alkyl halides is 2. The van der Waals surface area contributed by atoms with Gasteiger partial charge in [0.15, 0.2) is 17.4 Å². The van der Waals surface area contributed by atoms with Crippen molar-refractivity contribution in [1.82, 2.24) is 14.5 Å². The Bertz CT molecular complexity index is 1290. The fourth-order valence-electron chi connectivity index (χ4n) is 3.66. The molecule has 34 heavy (non-hydrogen) atoms. The summed E-state index contributed by atoms with van der Waals surface area (Å²) in [5.74, 6) is -2.04. The SMILES string of the molecule is CCC(=O)COc1cc2cc(Nc3nc(N4CCC(F)(F)CC4)ncc3Cl)ccc2n(C)c1=O. The van der Waals surface area contributed by atoms with E-state index in [0.29, 0.717) is 34.8 Å². The number of aromatic nitrogens is 3. The summed E-state index contributed by atoms with van der Waals surface area (Å²) in [5, 5.41) is 4.11. The lowest BCUT2D eigenvalue weighted by molar-refractivity contribution is -0.120. The van der Waals surface area contributed by atoms with E-state index in [1.165, 1.54) is 10.8 Å². The molecule has 0 saturated carbocycles. The van der Waals surface area contributed by atoms with Crippen LogP contribution in [-0.2, 0) is 11.8 Å². The molecule has 0 amide bonds. The Hall–Kier alpha value is -3.27.